The van der Waals surface area contributed by atoms with Crippen LogP contribution in [-0.2, 0) is 16.2 Å². The van der Waals surface area contributed by atoms with Crippen molar-refractivity contribution < 1.29 is 4.42 Å². The summed E-state index contributed by atoms with van der Waals surface area (Å²) in [6, 6.07) is 51.1. The Hall–Kier alpha value is -6.52. The van der Waals surface area contributed by atoms with E-state index in [0.717, 1.165) is 11.2 Å². The predicted octanol–water partition coefficient (Wildman–Crippen LogP) is 14.0. The van der Waals surface area contributed by atoms with Crippen molar-refractivity contribution in [1.29, 1.82) is 0 Å². The van der Waals surface area contributed by atoms with Crippen LogP contribution in [0.3, 0.4) is 0 Å². The SMILES string of the molecule is Cc1cc2c(cc1N1B3c4c(cc5c(c4-c4c1ccc1oc6ccccc6c41)C(C)(C)c1ccccc1-5)-n1c4cc5ccccc5cc4c4cccc3c41)C(C)(C)CCC2(C)C. The fraction of sp³-hybridized carbons (Fsp3) is 0.207. The predicted molar refractivity (Wildman–Crippen MR) is 262 cm³/mol. The topological polar surface area (TPSA) is 21.3 Å². The summed E-state index contributed by atoms with van der Waals surface area (Å²) in [4.78, 5) is 2.77. The van der Waals surface area contributed by atoms with E-state index in [2.05, 4.69) is 191 Å². The number of hydrogen-bond donors (Lipinski definition) is 0. The Morgan fingerprint density at radius 1 is 0.548 bits per heavy atom. The van der Waals surface area contributed by atoms with Crippen molar-refractivity contribution >= 4 is 83.7 Å². The molecule has 0 N–H and O–H groups in total. The first-order valence-electron chi connectivity index (χ1n) is 22.6. The number of rotatable bonds is 1. The molecule has 0 amide bonds. The van der Waals surface area contributed by atoms with Gasteiger partial charge in [-0.05, 0) is 139 Å². The molecule has 0 unspecified atom stereocenters. The molecule has 4 heterocycles. The smallest absolute Gasteiger partial charge is 0.333 e. The maximum absolute atomic E-state index is 6.82. The molecule has 4 heteroatoms. The molecule has 10 aromatic rings. The molecule has 0 saturated heterocycles. The summed E-state index contributed by atoms with van der Waals surface area (Å²) in [7, 11) is 0. The van der Waals surface area contributed by atoms with Gasteiger partial charge in [-0.15, -0.1) is 0 Å². The highest BCUT2D eigenvalue weighted by Crippen LogP contribution is 2.59. The first-order chi connectivity index (χ1) is 29.9. The molecular weight excluding hydrogens is 751 g/mol. The van der Waals surface area contributed by atoms with Crippen molar-refractivity contribution in [1.82, 2.24) is 4.57 Å². The van der Waals surface area contributed by atoms with Crippen molar-refractivity contribution in [3.05, 3.63) is 161 Å². The number of fused-ring (bicyclic) bond motifs is 17. The molecule has 62 heavy (non-hydrogen) atoms. The van der Waals surface area contributed by atoms with E-state index in [4.69, 9.17) is 4.42 Å². The summed E-state index contributed by atoms with van der Waals surface area (Å²) < 4.78 is 9.47. The van der Waals surface area contributed by atoms with Crippen LogP contribution in [0.1, 0.15) is 82.2 Å². The van der Waals surface area contributed by atoms with Crippen LogP contribution in [0.5, 0.6) is 0 Å². The second-order valence-corrected chi connectivity index (χ2v) is 20.7. The van der Waals surface area contributed by atoms with Crippen LogP contribution in [0.25, 0.3) is 82.5 Å². The third-order valence-electron chi connectivity index (χ3n) is 16.1. The standard InChI is InChI=1S/C58H47BN2O/c1-32-27-41-42(57(4,5)26-25-56(41,2)3)31-45(32)61-44-23-24-49-50(37-18-11-13-22-48(37)62-49)51(44)52-53-39(35-17-10-12-20-40(35)58(53,6)7)30-47-54(52)59(61)43-21-14-19-36-38-28-33-15-8-9-16-34(33)29-46(38)60(47)55(36)43/h8-24,27-31H,25-26H2,1-7H3. The number of anilines is 2. The average molecular weight is 799 g/mol. The van der Waals surface area contributed by atoms with Crippen LogP contribution in [0.2, 0.25) is 0 Å². The lowest BCUT2D eigenvalue weighted by molar-refractivity contribution is 0.332. The molecule has 0 atom stereocenters. The molecule has 4 aliphatic rings. The van der Waals surface area contributed by atoms with Crippen molar-refractivity contribution in [3.8, 4) is 27.9 Å². The summed E-state index contributed by atoms with van der Waals surface area (Å²) in [6.07, 6.45) is 2.35. The van der Waals surface area contributed by atoms with Gasteiger partial charge in [-0.1, -0.05) is 133 Å². The normalized spacial score (nSPS) is 17.1. The zero-order valence-electron chi connectivity index (χ0n) is 36.5. The van der Waals surface area contributed by atoms with Gasteiger partial charge in [0.15, 0.2) is 0 Å². The molecule has 0 radical (unpaired) electrons. The Bertz CT molecular complexity index is 3710. The Morgan fingerprint density at radius 2 is 1.26 bits per heavy atom. The van der Waals surface area contributed by atoms with Gasteiger partial charge in [-0.2, -0.15) is 0 Å². The molecule has 298 valence electrons. The molecule has 0 spiro atoms. The maximum atomic E-state index is 6.82. The number of aryl methyl sites for hydroxylation is 1. The van der Waals surface area contributed by atoms with E-state index in [9.17, 15) is 0 Å². The molecule has 2 aliphatic carbocycles. The van der Waals surface area contributed by atoms with E-state index in [0.29, 0.717) is 0 Å². The lowest BCUT2D eigenvalue weighted by atomic mass is 9.43. The lowest BCUT2D eigenvalue weighted by Crippen LogP contribution is -2.61. The molecule has 0 bridgehead atoms. The van der Waals surface area contributed by atoms with Gasteiger partial charge in [0.1, 0.15) is 11.2 Å². The van der Waals surface area contributed by atoms with Crippen LogP contribution >= 0.6 is 0 Å². The van der Waals surface area contributed by atoms with Crippen LogP contribution in [0.4, 0.5) is 11.4 Å². The molecule has 14 rings (SSSR count). The Morgan fingerprint density at radius 3 is 2.08 bits per heavy atom. The minimum atomic E-state index is -0.249. The fourth-order valence-electron chi connectivity index (χ4n) is 13.0. The molecule has 2 aliphatic heterocycles. The van der Waals surface area contributed by atoms with Gasteiger partial charge < -0.3 is 13.8 Å². The van der Waals surface area contributed by atoms with Crippen molar-refractivity contribution in [2.75, 3.05) is 4.81 Å². The minimum Gasteiger partial charge on any atom is -0.456 e. The summed E-state index contributed by atoms with van der Waals surface area (Å²) in [5.74, 6) is 0. The summed E-state index contributed by atoms with van der Waals surface area (Å²) >= 11 is 0. The largest absolute Gasteiger partial charge is 0.456 e. The van der Waals surface area contributed by atoms with Gasteiger partial charge in [-0.25, -0.2) is 0 Å². The second-order valence-electron chi connectivity index (χ2n) is 20.7. The quantitative estimate of drug-likeness (QED) is 0.154. The maximum Gasteiger partial charge on any atom is 0.333 e. The number of hydrogen-bond acceptors (Lipinski definition) is 2. The van der Waals surface area contributed by atoms with Crippen LogP contribution in [-0.4, -0.2) is 11.4 Å². The zero-order chi connectivity index (χ0) is 41.8. The molecule has 3 nitrogen and oxygen atoms in total. The Balaban J connectivity index is 1.22. The number of aromatic nitrogens is 1. The lowest BCUT2D eigenvalue weighted by Gasteiger charge is -2.46. The molecule has 8 aromatic carbocycles. The highest BCUT2D eigenvalue weighted by atomic mass is 16.3. The molecule has 0 saturated carbocycles. The Kier molecular flexibility index (Phi) is 6.40. The van der Waals surface area contributed by atoms with E-state index in [1.54, 1.807) is 0 Å². The first kappa shape index (κ1) is 35.1. The summed E-state index contributed by atoms with van der Waals surface area (Å²) in [6.45, 7) is 17.0. The van der Waals surface area contributed by atoms with Gasteiger partial charge in [0.2, 0.25) is 0 Å². The van der Waals surface area contributed by atoms with Crippen LogP contribution < -0.4 is 15.7 Å². The Labute approximate surface area is 362 Å². The van der Waals surface area contributed by atoms with E-state index < -0.39 is 0 Å². The van der Waals surface area contributed by atoms with Gasteiger partial charge in [0, 0.05) is 49.6 Å². The fourth-order valence-corrected chi connectivity index (χ4v) is 13.0. The zero-order valence-corrected chi connectivity index (χ0v) is 36.5. The molecule has 0 fully saturated rings. The van der Waals surface area contributed by atoms with Crippen molar-refractivity contribution in [2.24, 2.45) is 0 Å². The minimum absolute atomic E-state index is 0.0529. The number of furan rings is 1. The van der Waals surface area contributed by atoms with Crippen molar-refractivity contribution in [3.63, 3.8) is 0 Å². The number of nitrogens with zero attached hydrogens (tertiary/aromatic N) is 2. The highest BCUT2D eigenvalue weighted by Gasteiger charge is 2.50. The second kappa shape index (κ2) is 11.3. The molecule has 2 aromatic heterocycles. The number of para-hydroxylation sites is 2. The molecular formula is C58H47BN2O. The summed E-state index contributed by atoms with van der Waals surface area (Å²) in [5.41, 5.74) is 23.3. The summed E-state index contributed by atoms with van der Waals surface area (Å²) in [5, 5.41) is 7.51. The van der Waals surface area contributed by atoms with Crippen molar-refractivity contribution in [2.45, 2.75) is 77.6 Å². The number of benzene rings is 8. The average Bonchev–Trinajstić information content (AvgIpc) is 3.89. The van der Waals surface area contributed by atoms with Gasteiger partial charge >= 0.3 is 6.85 Å². The van der Waals surface area contributed by atoms with Gasteiger partial charge in [0.25, 0.3) is 0 Å². The third kappa shape index (κ3) is 4.15. The van der Waals surface area contributed by atoms with Gasteiger partial charge in [-0.3, -0.25) is 0 Å². The van der Waals surface area contributed by atoms with Gasteiger partial charge in [0.05, 0.1) is 11.0 Å². The van der Waals surface area contributed by atoms with E-state index in [-0.39, 0.29) is 23.1 Å². The monoisotopic (exact) mass is 798 g/mol. The van der Waals surface area contributed by atoms with E-state index in [1.165, 1.54) is 134 Å². The van der Waals surface area contributed by atoms with E-state index in [1.807, 2.05) is 0 Å². The highest BCUT2D eigenvalue weighted by molar-refractivity contribution is 6.94. The van der Waals surface area contributed by atoms with Crippen LogP contribution in [0, 0.1) is 6.92 Å². The third-order valence-corrected chi connectivity index (χ3v) is 16.1. The van der Waals surface area contributed by atoms with E-state index >= 15 is 0 Å². The van der Waals surface area contributed by atoms with Crippen LogP contribution in [0.15, 0.2) is 138 Å². The first-order valence-corrected chi connectivity index (χ1v) is 22.6.